The number of carbonyl (C=O) groups is 1. The Morgan fingerprint density at radius 3 is 2.64 bits per heavy atom. The molecular formula is C18H12ClN5O3S. The molecule has 3 aromatic rings. The third kappa shape index (κ3) is 4.31. The zero-order valence-electron chi connectivity index (χ0n) is 14.2. The van der Waals surface area contributed by atoms with Crippen LogP contribution in [0.3, 0.4) is 0 Å². The molecule has 0 aliphatic rings. The van der Waals surface area contributed by atoms with Crippen molar-refractivity contribution in [2.75, 3.05) is 5.32 Å². The highest BCUT2D eigenvalue weighted by Gasteiger charge is 2.17. The summed E-state index contributed by atoms with van der Waals surface area (Å²) in [4.78, 5) is 22.5. The molecule has 0 atom stereocenters. The molecule has 0 unspecified atom stereocenters. The topological polar surface area (TPSA) is 125 Å². The minimum atomic E-state index is -0.549. The predicted molar refractivity (Wildman–Crippen MR) is 105 cm³/mol. The number of non-ortho nitro benzene ring substituents is 1. The lowest BCUT2D eigenvalue weighted by Crippen LogP contribution is -2.13. The Morgan fingerprint density at radius 1 is 1.29 bits per heavy atom. The average molecular weight is 414 g/mol. The van der Waals surface area contributed by atoms with E-state index in [1.807, 2.05) is 24.3 Å². The fourth-order valence-corrected chi connectivity index (χ4v) is 3.53. The van der Waals surface area contributed by atoms with Crippen molar-refractivity contribution in [1.29, 1.82) is 5.26 Å². The maximum Gasteiger partial charge on any atom is 0.269 e. The molecule has 10 heteroatoms. The van der Waals surface area contributed by atoms with Gasteiger partial charge in [0.15, 0.2) is 0 Å². The van der Waals surface area contributed by atoms with E-state index < -0.39 is 10.8 Å². The van der Waals surface area contributed by atoms with Gasteiger partial charge in [-0.1, -0.05) is 41.6 Å². The molecule has 28 heavy (non-hydrogen) atoms. The molecule has 0 saturated carbocycles. The standard InChI is InChI=1S/C18H12ClN5O3S/c19-15-4-2-1-3-12(15)10-28-18-14(9-20)16(22-23-18)21-17(25)11-5-7-13(8-6-11)24(26)27/h1-8H,10H2,(H2,21,22,23,25). The minimum Gasteiger partial charge on any atom is -0.306 e. The molecule has 1 aromatic heterocycles. The molecule has 8 nitrogen and oxygen atoms in total. The zero-order valence-corrected chi connectivity index (χ0v) is 15.8. The maximum atomic E-state index is 12.3. The first kappa shape index (κ1) is 19.4. The summed E-state index contributed by atoms with van der Waals surface area (Å²) in [6, 6.07) is 14.5. The molecule has 0 aliphatic carbocycles. The van der Waals surface area contributed by atoms with Crippen molar-refractivity contribution in [3.05, 3.63) is 80.4 Å². The molecule has 0 fully saturated rings. The quantitative estimate of drug-likeness (QED) is 0.350. The van der Waals surface area contributed by atoms with E-state index in [0.29, 0.717) is 15.8 Å². The van der Waals surface area contributed by atoms with Gasteiger partial charge >= 0.3 is 0 Å². The maximum absolute atomic E-state index is 12.3. The van der Waals surface area contributed by atoms with Gasteiger partial charge in [0, 0.05) is 28.5 Å². The number of nitro benzene ring substituents is 1. The second kappa shape index (κ2) is 8.56. The van der Waals surface area contributed by atoms with Crippen LogP contribution in [0.5, 0.6) is 0 Å². The number of nitro groups is 1. The largest absolute Gasteiger partial charge is 0.306 e. The molecule has 0 radical (unpaired) electrons. The third-order valence-corrected chi connectivity index (χ3v) is 5.14. The van der Waals surface area contributed by atoms with Crippen LogP contribution in [0.25, 0.3) is 0 Å². The lowest BCUT2D eigenvalue weighted by Gasteiger charge is -2.04. The number of carbonyl (C=O) groups excluding carboxylic acids is 1. The van der Waals surface area contributed by atoms with Crippen LogP contribution in [0.15, 0.2) is 53.6 Å². The van der Waals surface area contributed by atoms with E-state index in [-0.39, 0.29) is 22.6 Å². The van der Waals surface area contributed by atoms with Gasteiger partial charge in [-0.25, -0.2) is 0 Å². The summed E-state index contributed by atoms with van der Waals surface area (Å²) in [7, 11) is 0. The van der Waals surface area contributed by atoms with E-state index >= 15 is 0 Å². The number of nitrogens with zero attached hydrogens (tertiary/aromatic N) is 3. The minimum absolute atomic E-state index is 0.117. The highest BCUT2D eigenvalue weighted by atomic mass is 35.5. The van der Waals surface area contributed by atoms with Gasteiger partial charge < -0.3 is 5.32 Å². The van der Waals surface area contributed by atoms with Gasteiger partial charge in [-0.2, -0.15) is 10.4 Å². The molecular weight excluding hydrogens is 402 g/mol. The van der Waals surface area contributed by atoms with Crippen LogP contribution in [0, 0.1) is 21.4 Å². The number of H-pyrrole nitrogens is 1. The molecule has 2 aromatic carbocycles. The van der Waals surface area contributed by atoms with Crippen molar-refractivity contribution in [2.24, 2.45) is 0 Å². The lowest BCUT2D eigenvalue weighted by molar-refractivity contribution is -0.384. The molecule has 140 valence electrons. The van der Waals surface area contributed by atoms with Crippen LogP contribution < -0.4 is 5.32 Å². The number of thioether (sulfide) groups is 1. The molecule has 3 rings (SSSR count). The van der Waals surface area contributed by atoms with Crippen molar-refractivity contribution < 1.29 is 9.72 Å². The number of hydrogen-bond acceptors (Lipinski definition) is 6. The number of anilines is 1. The van der Waals surface area contributed by atoms with Crippen molar-refractivity contribution in [2.45, 2.75) is 10.8 Å². The number of hydrogen-bond donors (Lipinski definition) is 2. The van der Waals surface area contributed by atoms with E-state index in [4.69, 9.17) is 11.6 Å². The smallest absolute Gasteiger partial charge is 0.269 e. The van der Waals surface area contributed by atoms with E-state index in [1.54, 1.807) is 6.07 Å². The summed E-state index contributed by atoms with van der Waals surface area (Å²) in [5.74, 6) is 0.153. The monoisotopic (exact) mass is 413 g/mol. The summed E-state index contributed by atoms with van der Waals surface area (Å²) >= 11 is 7.44. The summed E-state index contributed by atoms with van der Waals surface area (Å²) in [6.45, 7) is 0. The van der Waals surface area contributed by atoms with E-state index in [1.165, 1.54) is 36.0 Å². The number of rotatable bonds is 6. The van der Waals surface area contributed by atoms with Gasteiger partial charge in [-0.05, 0) is 23.8 Å². The molecule has 1 amide bonds. The van der Waals surface area contributed by atoms with Crippen molar-refractivity contribution in [3.63, 3.8) is 0 Å². The third-order valence-electron chi connectivity index (χ3n) is 3.75. The number of aromatic amines is 1. The molecule has 0 saturated heterocycles. The normalized spacial score (nSPS) is 10.3. The van der Waals surface area contributed by atoms with E-state index in [9.17, 15) is 20.2 Å². The SMILES string of the molecule is N#Cc1c(SCc2ccccc2Cl)n[nH]c1NC(=O)c1ccc([N+](=O)[O-])cc1. The van der Waals surface area contributed by atoms with Crippen molar-refractivity contribution in [3.8, 4) is 6.07 Å². The fraction of sp³-hybridized carbons (Fsp3) is 0.0556. The van der Waals surface area contributed by atoms with Crippen LogP contribution in [0.4, 0.5) is 11.5 Å². The van der Waals surface area contributed by atoms with E-state index in [2.05, 4.69) is 15.5 Å². The molecule has 0 aliphatic heterocycles. The summed E-state index contributed by atoms with van der Waals surface area (Å²) in [6.07, 6.45) is 0. The van der Waals surface area contributed by atoms with Gasteiger partial charge in [0.2, 0.25) is 0 Å². The van der Waals surface area contributed by atoms with Crippen LogP contribution in [0.1, 0.15) is 21.5 Å². The van der Waals surface area contributed by atoms with Crippen molar-refractivity contribution >= 4 is 40.8 Å². The number of aromatic nitrogens is 2. The molecule has 2 N–H and O–H groups in total. The predicted octanol–water partition coefficient (Wildman–Crippen LogP) is 4.39. The Morgan fingerprint density at radius 2 is 2.00 bits per heavy atom. The molecule has 0 spiro atoms. The summed E-state index contributed by atoms with van der Waals surface area (Å²) < 4.78 is 0. The second-order valence-corrected chi connectivity index (χ2v) is 6.90. The Labute approximate surface area is 168 Å². The van der Waals surface area contributed by atoms with E-state index in [0.717, 1.165) is 5.56 Å². The number of halogens is 1. The van der Waals surface area contributed by atoms with Crippen LogP contribution in [-0.4, -0.2) is 21.0 Å². The Hall–Kier alpha value is -3.35. The van der Waals surface area contributed by atoms with Gasteiger partial charge in [0.1, 0.15) is 22.5 Å². The first-order valence-electron chi connectivity index (χ1n) is 7.90. The summed E-state index contributed by atoms with van der Waals surface area (Å²) in [5.41, 5.74) is 1.20. The Balaban J connectivity index is 1.73. The van der Waals surface area contributed by atoms with Gasteiger partial charge in [0.25, 0.3) is 11.6 Å². The van der Waals surface area contributed by atoms with Gasteiger partial charge in [0.05, 0.1) is 4.92 Å². The Kier molecular flexibility index (Phi) is 5.93. The van der Waals surface area contributed by atoms with Crippen LogP contribution in [0.2, 0.25) is 5.02 Å². The lowest BCUT2D eigenvalue weighted by atomic mass is 10.2. The summed E-state index contributed by atoms with van der Waals surface area (Å²) in [5, 5.41) is 30.5. The fourth-order valence-electron chi connectivity index (χ4n) is 2.31. The number of nitriles is 1. The van der Waals surface area contributed by atoms with Crippen molar-refractivity contribution in [1.82, 2.24) is 10.2 Å². The van der Waals surface area contributed by atoms with Crippen LogP contribution >= 0.6 is 23.4 Å². The number of amides is 1. The Bertz CT molecular complexity index is 1080. The molecule has 1 heterocycles. The highest BCUT2D eigenvalue weighted by Crippen LogP contribution is 2.30. The first-order valence-corrected chi connectivity index (χ1v) is 9.26. The van der Waals surface area contributed by atoms with Gasteiger partial charge in [-0.3, -0.25) is 20.0 Å². The average Bonchev–Trinajstić information content (AvgIpc) is 3.08. The molecule has 0 bridgehead atoms. The number of nitrogens with one attached hydrogen (secondary N) is 2. The zero-order chi connectivity index (χ0) is 20.1. The second-order valence-electron chi connectivity index (χ2n) is 5.53. The van der Waals surface area contributed by atoms with Gasteiger partial charge in [-0.15, -0.1) is 0 Å². The highest BCUT2D eigenvalue weighted by molar-refractivity contribution is 7.98. The first-order chi connectivity index (χ1) is 13.5. The number of benzene rings is 2. The van der Waals surface area contributed by atoms with Crippen LogP contribution in [-0.2, 0) is 5.75 Å².